The Morgan fingerprint density at radius 3 is 2.00 bits per heavy atom. The van der Waals surface area contributed by atoms with E-state index in [1.807, 2.05) is 0 Å². The molecule has 0 aliphatic rings. The van der Waals surface area contributed by atoms with Gasteiger partial charge in [0.25, 0.3) is 0 Å². The van der Waals surface area contributed by atoms with Crippen LogP contribution in [0.4, 0.5) is 0 Å². The molecule has 0 fully saturated rings. The van der Waals surface area contributed by atoms with Crippen LogP contribution in [-0.2, 0) is 6.42 Å². The number of aryl methyl sites for hydroxylation is 1. The van der Waals surface area contributed by atoms with Crippen LogP contribution in [0.25, 0.3) is 0 Å². The largest absolute Gasteiger partial charge is 0.0746 e. The van der Waals surface area contributed by atoms with Gasteiger partial charge in [-0.1, -0.05) is 63.3 Å². The predicted molar refractivity (Wildman–Crippen MR) is 68.3 cm³/mol. The average Bonchev–Trinajstić information content (AvgIpc) is 2.15. The Morgan fingerprint density at radius 1 is 1.00 bits per heavy atom. The maximum absolute atomic E-state index is 6.18. The third-order valence-corrected chi connectivity index (χ3v) is 3.63. The first-order valence-corrected chi connectivity index (χ1v) is 5.66. The van der Waals surface area contributed by atoms with Crippen LogP contribution < -0.4 is 0 Å². The fourth-order valence-corrected chi connectivity index (χ4v) is 1.42. The molecule has 0 saturated heterocycles. The summed E-state index contributed by atoms with van der Waals surface area (Å²) in [6, 6.07) is 10.6. The van der Waals surface area contributed by atoms with E-state index < -0.39 is 0 Å². The van der Waals surface area contributed by atoms with Gasteiger partial charge in [-0.05, 0) is 23.8 Å². The molecule has 1 aromatic carbocycles. The third kappa shape index (κ3) is 3.41. The molecule has 0 aliphatic carbocycles. The van der Waals surface area contributed by atoms with Gasteiger partial charge in [0, 0.05) is 0 Å². The summed E-state index contributed by atoms with van der Waals surface area (Å²) in [7, 11) is 6.18. The SMILES string of the molecule is [B]C(C)(C)C(C)(C)CCc1ccccc1. The van der Waals surface area contributed by atoms with E-state index in [0.717, 1.165) is 12.8 Å². The molecule has 0 aliphatic heterocycles. The summed E-state index contributed by atoms with van der Waals surface area (Å²) in [6.45, 7) is 8.71. The number of hydrogen-bond donors (Lipinski definition) is 0. The maximum Gasteiger partial charge on any atom is 0.0746 e. The van der Waals surface area contributed by atoms with E-state index in [1.165, 1.54) is 5.56 Å². The Morgan fingerprint density at radius 2 is 1.53 bits per heavy atom. The van der Waals surface area contributed by atoms with Gasteiger partial charge in [0.15, 0.2) is 0 Å². The molecule has 0 atom stereocenters. The summed E-state index contributed by atoms with van der Waals surface area (Å²) in [5.74, 6) is 0. The van der Waals surface area contributed by atoms with Crippen molar-refractivity contribution in [2.24, 2.45) is 5.41 Å². The third-order valence-electron chi connectivity index (χ3n) is 3.63. The van der Waals surface area contributed by atoms with Crippen molar-refractivity contribution in [2.45, 2.75) is 45.9 Å². The van der Waals surface area contributed by atoms with Gasteiger partial charge in [0.2, 0.25) is 0 Å². The minimum atomic E-state index is -0.123. The molecule has 0 aromatic heterocycles. The van der Waals surface area contributed by atoms with Crippen molar-refractivity contribution in [3.63, 3.8) is 0 Å². The van der Waals surface area contributed by atoms with Gasteiger partial charge in [-0.2, -0.15) is 0 Å². The Balaban J connectivity index is 2.58. The Labute approximate surface area is 95.5 Å². The zero-order valence-corrected chi connectivity index (χ0v) is 10.4. The number of hydrogen-bond acceptors (Lipinski definition) is 0. The molecule has 0 amide bonds. The first-order valence-electron chi connectivity index (χ1n) is 5.66. The predicted octanol–water partition coefficient (Wildman–Crippen LogP) is 4.01. The lowest BCUT2D eigenvalue weighted by Crippen LogP contribution is -2.27. The van der Waals surface area contributed by atoms with Crippen LogP contribution in [0.15, 0.2) is 30.3 Å². The second kappa shape index (κ2) is 4.43. The molecule has 0 unspecified atom stereocenters. The molecule has 0 heterocycles. The van der Waals surface area contributed by atoms with Crippen molar-refractivity contribution >= 4 is 7.85 Å². The second-order valence-corrected chi connectivity index (χ2v) is 5.59. The van der Waals surface area contributed by atoms with Gasteiger partial charge in [-0.15, -0.1) is 0 Å². The molecule has 15 heavy (non-hydrogen) atoms. The van der Waals surface area contributed by atoms with Crippen molar-refractivity contribution in [3.05, 3.63) is 35.9 Å². The summed E-state index contributed by atoms with van der Waals surface area (Å²) >= 11 is 0. The highest BCUT2D eigenvalue weighted by molar-refractivity contribution is 6.15. The highest BCUT2D eigenvalue weighted by Crippen LogP contribution is 2.45. The fourth-order valence-electron chi connectivity index (χ4n) is 1.42. The molecule has 1 rings (SSSR count). The van der Waals surface area contributed by atoms with E-state index in [2.05, 4.69) is 58.0 Å². The van der Waals surface area contributed by atoms with Crippen LogP contribution in [0, 0.1) is 5.41 Å². The fraction of sp³-hybridized carbons (Fsp3) is 0.571. The smallest absolute Gasteiger partial charge is 0.0674 e. The molecular formula is C14H21B. The summed E-state index contributed by atoms with van der Waals surface area (Å²) in [6.07, 6.45) is 2.23. The Kier molecular flexibility index (Phi) is 3.65. The Bertz CT molecular complexity index is 293. The first-order chi connectivity index (χ1) is 6.83. The monoisotopic (exact) mass is 200 g/mol. The van der Waals surface area contributed by atoms with Crippen molar-refractivity contribution in [3.8, 4) is 0 Å². The molecule has 2 radical (unpaired) electrons. The summed E-state index contributed by atoms with van der Waals surface area (Å²) in [5, 5.41) is -0.123. The molecule has 1 aromatic rings. The highest BCUT2D eigenvalue weighted by atomic mass is 14.3. The van der Waals surface area contributed by atoms with Gasteiger partial charge in [-0.25, -0.2) is 0 Å². The quantitative estimate of drug-likeness (QED) is 0.644. The van der Waals surface area contributed by atoms with Crippen LogP contribution in [0.3, 0.4) is 0 Å². The minimum absolute atomic E-state index is 0.123. The van der Waals surface area contributed by atoms with Gasteiger partial charge in [-0.3, -0.25) is 0 Å². The summed E-state index contributed by atoms with van der Waals surface area (Å²) < 4.78 is 0. The molecule has 1 heteroatoms. The van der Waals surface area contributed by atoms with Crippen molar-refractivity contribution in [1.29, 1.82) is 0 Å². The van der Waals surface area contributed by atoms with Gasteiger partial charge in [0.1, 0.15) is 0 Å². The topological polar surface area (TPSA) is 0 Å². The lowest BCUT2D eigenvalue weighted by atomic mass is 9.54. The van der Waals surface area contributed by atoms with E-state index in [1.54, 1.807) is 0 Å². The van der Waals surface area contributed by atoms with E-state index in [4.69, 9.17) is 7.85 Å². The highest BCUT2D eigenvalue weighted by Gasteiger charge is 2.31. The molecule has 0 bridgehead atoms. The summed E-state index contributed by atoms with van der Waals surface area (Å²) in [4.78, 5) is 0. The number of rotatable bonds is 4. The van der Waals surface area contributed by atoms with Crippen LogP contribution in [0.2, 0.25) is 5.31 Å². The molecule has 80 valence electrons. The van der Waals surface area contributed by atoms with E-state index in [0.29, 0.717) is 0 Å². The van der Waals surface area contributed by atoms with E-state index in [-0.39, 0.29) is 10.7 Å². The molecule has 0 N–H and O–H groups in total. The molecular weight excluding hydrogens is 179 g/mol. The lowest BCUT2D eigenvalue weighted by Gasteiger charge is -2.39. The second-order valence-electron chi connectivity index (χ2n) is 5.59. The Hall–Kier alpha value is -0.715. The van der Waals surface area contributed by atoms with Gasteiger partial charge >= 0.3 is 0 Å². The van der Waals surface area contributed by atoms with E-state index >= 15 is 0 Å². The zero-order valence-electron chi connectivity index (χ0n) is 10.4. The first kappa shape index (κ1) is 12.4. The average molecular weight is 200 g/mol. The van der Waals surface area contributed by atoms with Gasteiger partial charge < -0.3 is 0 Å². The van der Waals surface area contributed by atoms with Crippen LogP contribution in [0.5, 0.6) is 0 Å². The normalized spacial score (nSPS) is 12.8. The molecule has 0 spiro atoms. The van der Waals surface area contributed by atoms with E-state index in [9.17, 15) is 0 Å². The van der Waals surface area contributed by atoms with Crippen molar-refractivity contribution in [1.82, 2.24) is 0 Å². The van der Waals surface area contributed by atoms with Crippen molar-refractivity contribution in [2.75, 3.05) is 0 Å². The minimum Gasteiger partial charge on any atom is -0.0674 e. The van der Waals surface area contributed by atoms with Crippen LogP contribution >= 0.6 is 0 Å². The lowest BCUT2D eigenvalue weighted by molar-refractivity contribution is 0.246. The number of benzene rings is 1. The van der Waals surface area contributed by atoms with Gasteiger partial charge in [0.05, 0.1) is 7.85 Å². The molecule has 0 nitrogen and oxygen atoms in total. The van der Waals surface area contributed by atoms with Crippen molar-refractivity contribution < 1.29 is 0 Å². The standard InChI is InChI=1S/C14H21B/c1-13(2,14(3,4)15)11-10-12-8-6-5-7-9-12/h5-9H,10-11H2,1-4H3. The maximum atomic E-state index is 6.18. The van der Waals surface area contributed by atoms with Crippen LogP contribution in [0.1, 0.15) is 39.7 Å². The van der Waals surface area contributed by atoms with Crippen LogP contribution in [-0.4, -0.2) is 7.85 Å². The summed E-state index contributed by atoms with van der Waals surface area (Å²) in [5.41, 5.74) is 1.57. The zero-order chi connectivity index (χ0) is 11.5. The molecule has 0 saturated carbocycles.